The van der Waals surface area contributed by atoms with Gasteiger partial charge in [-0.25, -0.2) is 0 Å². The molecule has 1 N–H and O–H groups in total. The fourth-order valence-corrected chi connectivity index (χ4v) is 2.84. The quantitative estimate of drug-likeness (QED) is 0.799. The molecule has 3 nitrogen and oxygen atoms in total. The van der Waals surface area contributed by atoms with E-state index in [9.17, 15) is 4.79 Å². The molecule has 0 radical (unpaired) electrons. The SMILES string of the molecule is CCCCCN1CC(=O)NC1c1cccs1. The Bertz CT molecular complexity index is 337. The second-order valence-corrected chi connectivity index (χ2v) is 5.14. The Kier molecular flexibility index (Phi) is 3.96. The van der Waals surface area contributed by atoms with Crippen molar-refractivity contribution < 1.29 is 4.79 Å². The van der Waals surface area contributed by atoms with Crippen LogP contribution in [0.3, 0.4) is 0 Å². The summed E-state index contributed by atoms with van der Waals surface area (Å²) in [5, 5.41) is 5.09. The number of unbranched alkanes of at least 4 members (excludes halogenated alkanes) is 2. The van der Waals surface area contributed by atoms with E-state index in [4.69, 9.17) is 0 Å². The molecule has 16 heavy (non-hydrogen) atoms. The van der Waals surface area contributed by atoms with Gasteiger partial charge in [0, 0.05) is 11.4 Å². The molecule has 88 valence electrons. The fourth-order valence-electron chi connectivity index (χ4n) is 2.04. The van der Waals surface area contributed by atoms with Gasteiger partial charge in [0.25, 0.3) is 0 Å². The van der Waals surface area contributed by atoms with E-state index in [2.05, 4.69) is 28.6 Å². The molecular weight excluding hydrogens is 220 g/mol. The molecule has 0 saturated carbocycles. The number of amides is 1. The van der Waals surface area contributed by atoms with E-state index in [1.54, 1.807) is 11.3 Å². The first-order valence-electron chi connectivity index (χ1n) is 5.88. The van der Waals surface area contributed by atoms with Crippen LogP contribution in [0.15, 0.2) is 17.5 Å². The normalized spacial score (nSPS) is 21.3. The lowest BCUT2D eigenvalue weighted by Gasteiger charge is -2.21. The minimum Gasteiger partial charge on any atom is -0.335 e. The molecule has 1 fully saturated rings. The highest BCUT2D eigenvalue weighted by Gasteiger charge is 2.30. The molecule has 1 saturated heterocycles. The van der Waals surface area contributed by atoms with Gasteiger partial charge in [-0.3, -0.25) is 9.69 Å². The molecule has 2 heterocycles. The number of nitrogens with one attached hydrogen (secondary N) is 1. The molecule has 1 atom stereocenters. The van der Waals surface area contributed by atoms with Crippen LogP contribution in [-0.4, -0.2) is 23.9 Å². The van der Waals surface area contributed by atoms with Crippen molar-refractivity contribution in [2.45, 2.75) is 32.4 Å². The summed E-state index contributed by atoms with van der Waals surface area (Å²) in [6.07, 6.45) is 3.75. The van der Waals surface area contributed by atoms with Crippen LogP contribution in [0, 0.1) is 0 Å². The Morgan fingerprint density at radius 1 is 1.56 bits per heavy atom. The van der Waals surface area contributed by atoms with E-state index < -0.39 is 0 Å². The molecule has 0 spiro atoms. The van der Waals surface area contributed by atoms with Crippen LogP contribution >= 0.6 is 11.3 Å². The third kappa shape index (κ3) is 2.62. The first kappa shape index (κ1) is 11.6. The first-order chi connectivity index (χ1) is 7.81. The van der Waals surface area contributed by atoms with Crippen molar-refractivity contribution in [3.05, 3.63) is 22.4 Å². The highest BCUT2D eigenvalue weighted by atomic mass is 32.1. The molecule has 1 unspecified atom stereocenters. The minimum atomic E-state index is 0.115. The average Bonchev–Trinajstić information content (AvgIpc) is 2.87. The average molecular weight is 238 g/mol. The van der Waals surface area contributed by atoms with Crippen molar-refractivity contribution in [3.8, 4) is 0 Å². The molecule has 1 aliphatic heterocycles. The van der Waals surface area contributed by atoms with Crippen molar-refractivity contribution in [3.63, 3.8) is 0 Å². The smallest absolute Gasteiger partial charge is 0.235 e. The zero-order valence-electron chi connectivity index (χ0n) is 9.61. The van der Waals surface area contributed by atoms with Crippen LogP contribution in [0.2, 0.25) is 0 Å². The van der Waals surface area contributed by atoms with Gasteiger partial charge in [0.15, 0.2) is 0 Å². The lowest BCUT2D eigenvalue weighted by molar-refractivity contribution is -0.118. The standard InChI is InChI=1S/C12H18N2OS/c1-2-3-4-7-14-9-11(15)13-12(14)10-6-5-8-16-10/h5-6,8,12H,2-4,7,9H2,1H3,(H,13,15). The molecular formula is C12H18N2OS. The number of nitrogens with zero attached hydrogens (tertiary/aromatic N) is 1. The maximum Gasteiger partial charge on any atom is 0.235 e. The number of rotatable bonds is 5. The lowest BCUT2D eigenvalue weighted by atomic mass is 10.2. The zero-order valence-corrected chi connectivity index (χ0v) is 10.4. The Morgan fingerprint density at radius 3 is 3.12 bits per heavy atom. The number of thiophene rings is 1. The summed E-state index contributed by atoms with van der Waals surface area (Å²) in [5.74, 6) is 0.148. The largest absolute Gasteiger partial charge is 0.335 e. The predicted molar refractivity (Wildman–Crippen MR) is 66.3 cm³/mol. The summed E-state index contributed by atoms with van der Waals surface area (Å²) < 4.78 is 0. The van der Waals surface area contributed by atoms with E-state index in [0.29, 0.717) is 6.54 Å². The summed E-state index contributed by atoms with van der Waals surface area (Å²) in [4.78, 5) is 14.9. The van der Waals surface area contributed by atoms with Crippen LogP contribution < -0.4 is 5.32 Å². The maximum atomic E-state index is 11.4. The molecule has 4 heteroatoms. The molecule has 2 rings (SSSR count). The van der Waals surface area contributed by atoms with Crippen molar-refractivity contribution in [1.29, 1.82) is 0 Å². The minimum absolute atomic E-state index is 0.115. The Labute approximate surface area is 100 Å². The molecule has 1 amide bonds. The van der Waals surface area contributed by atoms with Gasteiger partial charge in [-0.05, 0) is 17.9 Å². The lowest BCUT2D eigenvalue weighted by Crippen LogP contribution is -2.27. The first-order valence-corrected chi connectivity index (χ1v) is 6.76. The highest BCUT2D eigenvalue weighted by molar-refractivity contribution is 7.10. The van der Waals surface area contributed by atoms with Gasteiger partial charge in [-0.15, -0.1) is 11.3 Å². The zero-order chi connectivity index (χ0) is 11.4. The van der Waals surface area contributed by atoms with Crippen molar-refractivity contribution in [2.24, 2.45) is 0 Å². The molecule has 1 aromatic rings. The van der Waals surface area contributed by atoms with Crippen LogP contribution in [0.1, 0.15) is 37.2 Å². The number of hydrogen-bond donors (Lipinski definition) is 1. The number of hydrogen-bond acceptors (Lipinski definition) is 3. The summed E-state index contributed by atoms with van der Waals surface area (Å²) >= 11 is 1.71. The van der Waals surface area contributed by atoms with E-state index >= 15 is 0 Å². The van der Waals surface area contributed by atoms with Crippen LogP contribution in [0.25, 0.3) is 0 Å². The van der Waals surface area contributed by atoms with Gasteiger partial charge in [-0.1, -0.05) is 25.8 Å². The van der Waals surface area contributed by atoms with Crippen molar-refractivity contribution in [2.75, 3.05) is 13.1 Å². The highest BCUT2D eigenvalue weighted by Crippen LogP contribution is 2.26. The van der Waals surface area contributed by atoms with Gasteiger partial charge in [0.2, 0.25) is 5.91 Å². The van der Waals surface area contributed by atoms with Gasteiger partial charge in [-0.2, -0.15) is 0 Å². The van der Waals surface area contributed by atoms with Crippen LogP contribution in [0.4, 0.5) is 0 Å². The van der Waals surface area contributed by atoms with E-state index in [1.807, 2.05) is 6.07 Å². The monoisotopic (exact) mass is 238 g/mol. The topological polar surface area (TPSA) is 32.3 Å². The summed E-state index contributed by atoms with van der Waals surface area (Å²) in [6, 6.07) is 4.13. The Morgan fingerprint density at radius 2 is 2.44 bits per heavy atom. The number of carbonyl (C=O) groups is 1. The Hall–Kier alpha value is -0.870. The van der Waals surface area contributed by atoms with E-state index in [1.165, 1.54) is 24.1 Å². The van der Waals surface area contributed by atoms with Gasteiger partial charge in [0.1, 0.15) is 6.17 Å². The molecule has 1 aliphatic rings. The molecule has 0 aromatic carbocycles. The third-order valence-corrected chi connectivity index (χ3v) is 3.80. The summed E-state index contributed by atoms with van der Waals surface area (Å²) in [6.45, 7) is 3.76. The third-order valence-electron chi connectivity index (χ3n) is 2.87. The van der Waals surface area contributed by atoms with Crippen molar-refractivity contribution in [1.82, 2.24) is 10.2 Å². The number of carbonyl (C=O) groups excluding carboxylic acids is 1. The molecule has 1 aromatic heterocycles. The van der Waals surface area contributed by atoms with Gasteiger partial charge >= 0.3 is 0 Å². The van der Waals surface area contributed by atoms with Crippen molar-refractivity contribution >= 4 is 17.2 Å². The summed E-state index contributed by atoms with van der Waals surface area (Å²) in [7, 11) is 0. The van der Waals surface area contributed by atoms with Crippen LogP contribution in [-0.2, 0) is 4.79 Å². The van der Waals surface area contributed by atoms with Gasteiger partial charge in [0.05, 0.1) is 6.54 Å². The predicted octanol–water partition coefficient (Wildman–Crippen LogP) is 2.37. The van der Waals surface area contributed by atoms with E-state index in [0.717, 1.165) is 6.54 Å². The maximum absolute atomic E-state index is 11.4. The Balaban J connectivity index is 1.96. The second-order valence-electron chi connectivity index (χ2n) is 4.16. The second kappa shape index (κ2) is 5.46. The fraction of sp³-hybridized carbons (Fsp3) is 0.583. The van der Waals surface area contributed by atoms with Crippen LogP contribution in [0.5, 0.6) is 0 Å². The van der Waals surface area contributed by atoms with E-state index in [-0.39, 0.29) is 12.1 Å². The molecule has 0 aliphatic carbocycles. The molecule has 0 bridgehead atoms. The summed E-state index contributed by atoms with van der Waals surface area (Å²) in [5.41, 5.74) is 0. The van der Waals surface area contributed by atoms with Gasteiger partial charge < -0.3 is 5.32 Å².